The van der Waals surface area contributed by atoms with E-state index in [4.69, 9.17) is 39.2 Å². The Hall–Kier alpha value is -0.305. The second-order valence-electron chi connectivity index (χ2n) is 10.3. The first-order chi connectivity index (χ1) is 12.3. The van der Waals surface area contributed by atoms with E-state index < -0.39 is 16.2 Å². The molecule has 10 radical (unpaired) electrons. The maximum atomic E-state index is 12.6. The molecule has 0 bridgehead atoms. The standard InChI is InChI=1S/C20H25B5O2/c1-8-6-18(3)11(4-5-12(18)26)14-9(2)20(24,25)15-10(13(8)14)7-19(22,23)17(27)16(15)21/h8-14,26H,4-7H2,1-3H3/t8-,9-,10+,11?,12-,13?,14?,18-/m0/s1. The molecule has 0 aromatic carbocycles. The molecule has 3 saturated carbocycles. The van der Waals surface area contributed by atoms with Crippen molar-refractivity contribution in [3.8, 4) is 0 Å². The van der Waals surface area contributed by atoms with E-state index in [-0.39, 0.29) is 40.7 Å². The van der Waals surface area contributed by atoms with Gasteiger partial charge < -0.3 is 5.11 Å². The molecular formula is C20H25B5O2. The van der Waals surface area contributed by atoms with Crippen LogP contribution in [0, 0.1) is 40.9 Å². The van der Waals surface area contributed by atoms with Gasteiger partial charge in [-0.2, -0.15) is 0 Å². The molecule has 0 aromatic heterocycles. The maximum absolute atomic E-state index is 12.6. The summed E-state index contributed by atoms with van der Waals surface area (Å²) in [6.07, 6.45) is 2.76. The number of Topliss-reactive ketones (excluding diaryl/α,β-unsaturated/α-hetero) is 1. The largest absolute Gasteiger partial charge is 0.393 e. The fourth-order valence-electron chi connectivity index (χ4n) is 7.57. The lowest BCUT2D eigenvalue weighted by atomic mass is 9.29. The molecule has 0 amide bonds. The third kappa shape index (κ3) is 2.45. The molecule has 0 saturated heterocycles. The third-order valence-corrected chi connectivity index (χ3v) is 8.84. The Balaban J connectivity index is 1.88. The molecule has 7 heteroatoms. The molecular weight excluding hydrogens is 326 g/mol. The molecule has 2 nitrogen and oxygen atoms in total. The highest BCUT2D eigenvalue weighted by Crippen LogP contribution is 2.69. The number of carbonyl (C=O) groups is 1. The lowest BCUT2D eigenvalue weighted by Gasteiger charge is -2.64. The van der Waals surface area contributed by atoms with Crippen LogP contribution in [0.2, 0.25) is 10.4 Å². The number of aliphatic hydroxyl groups excluding tert-OH is 1. The quantitative estimate of drug-likeness (QED) is 0.673. The summed E-state index contributed by atoms with van der Waals surface area (Å²) in [6.45, 7) is 6.52. The zero-order valence-electron chi connectivity index (χ0n) is 16.6. The lowest BCUT2D eigenvalue weighted by Crippen LogP contribution is -2.58. The van der Waals surface area contributed by atoms with E-state index in [1.807, 2.05) is 0 Å². The van der Waals surface area contributed by atoms with Crippen molar-refractivity contribution in [1.29, 1.82) is 0 Å². The normalized spacial score (nSPS) is 50.7. The average molecular weight is 351 g/mol. The second-order valence-corrected chi connectivity index (χ2v) is 10.3. The molecule has 1 N–H and O–H groups in total. The van der Waals surface area contributed by atoms with Crippen LogP contribution >= 0.6 is 0 Å². The Morgan fingerprint density at radius 1 is 1.04 bits per heavy atom. The summed E-state index contributed by atoms with van der Waals surface area (Å²) < 4.78 is 0. The van der Waals surface area contributed by atoms with Gasteiger partial charge in [0.2, 0.25) is 0 Å². The van der Waals surface area contributed by atoms with Crippen LogP contribution in [-0.4, -0.2) is 56.2 Å². The van der Waals surface area contributed by atoms with Gasteiger partial charge in [0.1, 0.15) is 13.6 Å². The summed E-state index contributed by atoms with van der Waals surface area (Å²) in [4.78, 5) is 12.6. The monoisotopic (exact) mass is 352 g/mol. The van der Waals surface area contributed by atoms with Crippen molar-refractivity contribution in [3.05, 3.63) is 11.0 Å². The minimum atomic E-state index is -1.48. The molecule has 4 rings (SSSR count). The van der Waals surface area contributed by atoms with Gasteiger partial charge in [-0.05, 0) is 71.8 Å². The highest BCUT2D eigenvalue weighted by atomic mass is 16.3. The maximum Gasteiger partial charge on any atom is 0.137 e. The number of fused-ring (bicyclic) bond motifs is 5. The Labute approximate surface area is 170 Å². The summed E-state index contributed by atoms with van der Waals surface area (Å²) in [6, 6.07) is 0. The van der Waals surface area contributed by atoms with E-state index in [0.29, 0.717) is 23.8 Å². The molecule has 27 heavy (non-hydrogen) atoms. The highest BCUT2D eigenvalue weighted by molar-refractivity contribution is 6.58. The number of rotatable bonds is 0. The molecule has 4 aliphatic carbocycles. The molecule has 0 spiro atoms. The number of aliphatic hydroxyl groups is 1. The van der Waals surface area contributed by atoms with Crippen LogP contribution in [0.15, 0.2) is 11.0 Å². The van der Waals surface area contributed by atoms with Gasteiger partial charge in [-0.1, -0.05) is 37.0 Å². The van der Waals surface area contributed by atoms with E-state index in [2.05, 4.69) is 20.8 Å². The van der Waals surface area contributed by atoms with Gasteiger partial charge in [0.25, 0.3) is 0 Å². The molecule has 4 aliphatic rings. The number of ketones is 1. The average Bonchev–Trinajstić information content (AvgIpc) is 2.83. The van der Waals surface area contributed by atoms with Crippen LogP contribution in [0.25, 0.3) is 0 Å². The van der Waals surface area contributed by atoms with Crippen molar-refractivity contribution in [2.24, 2.45) is 40.9 Å². The van der Waals surface area contributed by atoms with Gasteiger partial charge in [0.15, 0.2) is 0 Å². The second kappa shape index (κ2) is 5.86. The van der Waals surface area contributed by atoms with Crippen molar-refractivity contribution in [2.75, 3.05) is 0 Å². The molecule has 0 aromatic rings. The van der Waals surface area contributed by atoms with Crippen LogP contribution < -0.4 is 0 Å². The number of hydrogen-bond acceptors (Lipinski definition) is 2. The number of allylic oxidation sites excluding steroid dienone is 1. The van der Waals surface area contributed by atoms with Gasteiger partial charge in [-0.15, -0.1) is 0 Å². The Kier molecular flexibility index (Phi) is 4.34. The predicted molar refractivity (Wildman–Crippen MR) is 111 cm³/mol. The van der Waals surface area contributed by atoms with Crippen LogP contribution in [0.4, 0.5) is 0 Å². The SMILES string of the molecule is [B]C1=C2[C@H](CC([B])([B])C1=O)C1C(C3CC[C@H](O)[C@@]3(C)C[C@@H]1C)[C@H](C)C2([B])[B]. The van der Waals surface area contributed by atoms with Crippen molar-refractivity contribution < 1.29 is 9.90 Å². The minimum Gasteiger partial charge on any atom is -0.393 e. The summed E-state index contributed by atoms with van der Waals surface area (Å²) in [5.41, 5.74) is 0.602. The zero-order valence-corrected chi connectivity index (χ0v) is 16.6. The summed E-state index contributed by atoms with van der Waals surface area (Å²) in [5, 5.41) is 8.07. The first-order valence-electron chi connectivity index (χ1n) is 10.2. The van der Waals surface area contributed by atoms with Crippen LogP contribution in [0.5, 0.6) is 0 Å². The lowest BCUT2D eigenvalue weighted by molar-refractivity contribution is -0.120. The third-order valence-electron chi connectivity index (χ3n) is 8.84. The first-order valence-corrected chi connectivity index (χ1v) is 10.2. The van der Waals surface area contributed by atoms with Crippen molar-refractivity contribution in [2.45, 2.75) is 63.0 Å². The topological polar surface area (TPSA) is 37.3 Å². The molecule has 8 atom stereocenters. The van der Waals surface area contributed by atoms with Gasteiger partial charge >= 0.3 is 0 Å². The number of carbonyl (C=O) groups excluding carboxylic acids is 1. The Morgan fingerprint density at radius 2 is 1.67 bits per heavy atom. The summed E-state index contributed by atoms with van der Waals surface area (Å²) in [7, 11) is 31.9. The Morgan fingerprint density at radius 3 is 2.30 bits per heavy atom. The van der Waals surface area contributed by atoms with Crippen LogP contribution in [0.3, 0.4) is 0 Å². The molecule has 132 valence electrons. The summed E-state index contributed by atoms with van der Waals surface area (Å²) >= 11 is 0. The number of hydrogen-bond donors (Lipinski definition) is 1. The van der Waals surface area contributed by atoms with E-state index >= 15 is 0 Å². The molecule has 3 fully saturated rings. The van der Waals surface area contributed by atoms with Crippen molar-refractivity contribution >= 4 is 45.0 Å². The highest BCUT2D eigenvalue weighted by Gasteiger charge is 2.63. The molecule has 0 aliphatic heterocycles. The van der Waals surface area contributed by atoms with Gasteiger partial charge in [-0.3, -0.25) is 4.79 Å². The zero-order chi connectivity index (χ0) is 20.1. The van der Waals surface area contributed by atoms with Gasteiger partial charge in [0, 0.05) is 0 Å². The van der Waals surface area contributed by atoms with Crippen LogP contribution in [-0.2, 0) is 4.79 Å². The van der Waals surface area contributed by atoms with E-state index in [0.717, 1.165) is 19.3 Å². The predicted octanol–water partition coefficient (Wildman–Crippen LogP) is 1.60. The smallest absolute Gasteiger partial charge is 0.137 e. The van der Waals surface area contributed by atoms with Crippen LogP contribution in [0.1, 0.15) is 46.5 Å². The van der Waals surface area contributed by atoms with E-state index in [1.54, 1.807) is 0 Å². The van der Waals surface area contributed by atoms with Gasteiger partial charge in [-0.25, -0.2) is 0 Å². The summed E-state index contributed by atoms with van der Waals surface area (Å²) in [5.74, 6) is 0.587. The fourth-order valence-corrected chi connectivity index (χ4v) is 7.57. The van der Waals surface area contributed by atoms with E-state index in [1.165, 1.54) is 0 Å². The Bertz CT molecular complexity index is 717. The molecule has 0 heterocycles. The molecule has 3 unspecified atom stereocenters. The van der Waals surface area contributed by atoms with Crippen molar-refractivity contribution in [3.63, 3.8) is 0 Å². The first kappa shape index (κ1) is 20.0. The van der Waals surface area contributed by atoms with Crippen molar-refractivity contribution in [1.82, 2.24) is 0 Å². The van der Waals surface area contributed by atoms with Gasteiger partial charge in [0.05, 0.1) is 37.5 Å². The fraction of sp³-hybridized carbons (Fsp3) is 0.850. The minimum absolute atomic E-state index is 0.0551. The van der Waals surface area contributed by atoms with E-state index in [9.17, 15) is 9.90 Å².